The predicted molar refractivity (Wildman–Crippen MR) is 91.0 cm³/mol. The Morgan fingerprint density at radius 2 is 1.88 bits per heavy atom. The number of amides is 2. The van der Waals surface area contributed by atoms with Gasteiger partial charge in [0.2, 0.25) is 11.8 Å². The molecule has 1 aromatic rings. The van der Waals surface area contributed by atoms with Crippen molar-refractivity contribution < 1.29 is 22.8 Å². The average molecular weight is 376 g/mol. The van der Waals surface area contributed by atoms with Crippen LogP contribution in [-0.4, -0.2) is 45.5 Å². The number of halogens is 3. The van der Waals surface area contributed by atoms with Gasteiger partial charge in [-0.1, -0.05) is 27.7 Å². The van der Waals surface area contributed by atoms with Crippen molar-refractivity contribution in [2.45, 2.75) is 59.4 Å². The molecule has 0 fully saturated rings. The minimum Gasteiger partial charge on any atom is -0.344 e. The molecule has 2 amide bonds. The maximum Gasteiger partial charge on any atom is 0.406 e. The van der Waals surface area contributed by atoms with Gasteiger partial charge in [0.15, 0.2) is 0 Å². The highest BCUT2D eigenvalue weighted by molar-refractivity contribution is 5.87. The summed E-state index contributed by atoms with van der Waals surface area (Å²) in [7, 11) is 1.49. The summed E-state index contributed by atoms with van der Waals surface area (Å²) in [6.07, 6.45) is -1.57. The molecule has 0 saturated heterocycles. The normalized spacial score (nSPS) is 13.2. The Kier molecular flexibility index (Phi) is 7.65. The van der Waals surface area contributed by atoms with Gasteiger partial charge in [-0.2, -0.15) is 13.2 Å². The fourth-order valence-corrected chi connectivity index (χ4v) is 2.47. The molecule has 148 valence electrons. The molecule has 1 unspecified atom stereocenters. The second-order valence-electron chi connectivity index (χ2n) is 7.17. The zero-order valence-corrected chi connectivity index (χ0v) is 15.8. The van der Waals surface area contributed by atoms with E-state index in [1.807, 2.05) is 13.8 Å². The van der Waals surface area contributed by atoms with Crippen molar-refractivity contribution in [1.29, 1.82) is 0 Å². The molecule has 1 heterocycles. The van der Waals surface area contributed by atoms with E-state index in [1.165, 1.54) is 24.3 Å². The van der Waals surface area contributed by atoms with Gasteiger partial charge in [-0.15, -0.1) is 0 Å². The number of carbonyl (C=O) groups is 2. The van der Waals surface area contributed by atoms with Crippen LogP contribution in [0.1, 0.15) is 39.9 Å². The van der Waals surface area contributed by atoms with Crippen LogP contribution >= 0.6 is 0 Å². The van der Waals surface area contributed by atoms with E-state index in [-0.39, 0.29) is 36.0 Å². The van der Waals surface area contributed by atoms with Gasteiger partial charge < -0.3 is 14.8 Å². The van der Waals surface area contributed by atoms with Crippen molar-refractivity contribution in [1.82, 2.24) is 19.8 Å². The first kappa shape index (κ1) is 22.0. The monoisotopic (exact) mass is 376 g/mol. The predicted octanol–water partition coefficient (Wildman–Crippen LogP) is 2.59. The molecule has 0 aliphatic heterocycles. The molecule has 1 aromatic heterocycles. The Morgan fingerprint density at radius 3 is 2.38 bits per heavy atom. The summed E-state index contributed by atoms with van der Waals surface area (Å²) in [5.74, 6) is -0.451. The lowest BCUT2D eigenvalue weighted by Gasteiger charge is -2.27. The lowest BCUT2D eigenvalue weighted by atomic mass is 10.0. The van der Waals surface area contributed by atoms with E-state index >= 15 is 0 Å². The van der Waals surface area contributed by atoms with Crippen LogP contribution in [0.15, 0.2) is 12.4 Å². The molecule has 0 aliphatic carbocycles. The van der Waals surface area contributed by atoms with Gasteiger partial charge in [0, 0.05) is 25.9 Å². The molecule has 1 atom stereocenters. The maximum absolute atomic E-state index is 12.7. The molecule has 1 N–H and O–H groups in total. The van der Waals surface area contributed by atoms with Crippen molar-refractivity contribution in [3.05, 3.63) is 18.2 Å². The van der Waals surface area contributed by atoms with E-state index in [4.69, 9.17) is 0 Å². The first-order valence-electron chi connectivity index (χ1n) is 8.51. The van der Waals surface area contributed by atoms with Crippen LogP contribution in [0.25, 0.3) is 0 Å². The number of nitrogens with zero attached hydrogens (tertiary/aromatic N) is 3. The van der Waals surface area contributed by atoms with Gasteiger partial charge in [-0.3, -0.25) is 9.59 Å². The molecule has 0 aliphatic rings. The van der Waals surface area contributed by atoms with Gasteiger partial charge in [-0.05, 0) is 11.8 Å². The van der Waals surface area contributed by atoms with Crippen molar-refractivity contribution in [2.75, 3.05) is 7.05 Å². The fraction of sp³-hybridized carbons (Fsp3) is 0.706. The Balaban J connectivity index is 2.81. The van der Waals surface area contributed by atoms with Crippen molar-refractivity contribution in [3.8, 4) is 0 Å². The Hall–Kier alpha value is -2.06. The highest BCUT2D eigenvalue weighted by atomic mass is 19.4. The first-order valence-corrected chi connectivity index (χ1v) is 8.51. The molecular weight excluding hydrogens is 349 g/mol. The van der Waals surface area contributed by atoms with Gasteiger partial charge in [0.25, 0.3) is 0 Å². The summed E-state index contributed by atoms with van der Waals surface area (Å²) in [5, 5.41) is 2.72. The van der Waals surface area contributed by atoms with E-state index in [0.29, 0.717) is 6.42 Å². The van der Waals surface area contributed by atoms with Crippen LogP contribution < -0.4 is 5.32 Å². The number of alkyl halides is 3. The number of carbonyl (C=O) groups excluding carboxylic acids is 2. The summed E-state index contributed by atoms with van der Waals surface area (Å²) < 4.78 is 38.8. The van der Waals surface area contributed by atoms with Crippen LogP contribution in [-0.2, 0) is 22.7 Å². The second-order valence-corrected chi connectivity index (χ2v) is 7.17. The zero-order chi connectivity index (χ0) is 20.1. The molecule has 6 nitrogen and oxygen atoms in total. The molecule has 0 bridgehead atoms. The summed E-state index contributed by atoms with van der Waals surface area (Å²) in [6, 6.07) is -0.739. The highest BCUT2D eigenvalue weighted by Crippen LogP contribution is 2.19. The van der Waals surface area contributed by atoms with Crippen LogP contribution in [0.4, 0.5) is 13.2 Å². The van der Waals surface area contributed by atoms with Crippen molar-refractivity contribution in [2.24, 2.45) is 11.8 Å². The summed E-state index contributed by atoms with van der Waals surface area (Å²) in [5.41, 5.74) is 0. The third-order valence-electron chi connectivity index (χ3n) is 3.75. The zero-order valence-electron chi connectivity index (χ0n) is 15.8. The Labute approximate surface area is 151 Å². The summed E-state index contributed by atoms with van der Waals surface area (Å²) in [6.45, 7) is 6.17. The van der Waals surface area contributed by atoms with Gasteiger partial charge in [-0.25, -0.2) is 4.98 Å². The van der Waals surface area contributed by atoms with E-state index in [0.717, 1.165) is 4.57 Å². The molecule has 0 spiro atoms. The molecule has 9 heteroatoms. The lowest BCUT2D eigenvalue weighted by Crippen LogP contribution is -2.50. The average Bonchev–Trinajstić information content (AvgIpc) is 2.87. The standard InChI is InChI=1S/C17H27F3N4O2/c1-11(2)8-14(25)22-15(12(3)4)16(26)23(5)9-13-21-6-7-24(13)10-17(18,19)20/h6-7,11-12,15H,8-10H2,1-5H3,(H,22,25). The Morgan fingerprint density at radius 1 is 1.27 bits per heavy atom. The minimum absolute atomic E-state index is 0.0782. The summed E-state index contributed by atoms with van der Waals surface area (Å²) >= 11 is 0. The quantitative estimate of drug-likeness (QED) is 0.758. The molecule has 0 saturated carbocycles. The van der Waals surface area contributed by atoms with E-state index in [2.05, 4.69) is 10.3 Å². The van der Waals surface area contributed by atoms with Crippen molar-refractivity contribution >= 4 is 11.8 Å². The summed E-state index contributed by atoms with van der Waals surface area (Å²) in [4.78, 5) is 29.9. The fourth-order valence-electron chi connectivity index (χ4n) is 2.47. The Bertz CT molecular complexity index is 611. The number of imidazole rings is 1. The number of aromatic nitrogens is 2. The van der Waals surface area contributed by atoms with Gasteiger partial charge in [0.05, 0.1) is 6.54 Å². The van der Waals surface area contributed by atoms with Crippen LogP contribution in [0.2, 0.25) is 0 Å². The van der Waals surface area contributed by atoms with Crippen LogP contribution in [0.3, 0.4) is 0 Å². The second kappa shape index (κ2) is 9.05. The first-order chi connectivity index (χ1) is 11.9. The SMILES string of the molecule is CC(C)CC(=O)NC(C(=O)N(C)Cc1nccn1CC(F)(F)F)C(C)C. The van der Waals surface area contributed by atoms with Crippen molar-refractivity contribution in [3.63, 3.8) is 0 Å². The maximum atomic E-state index is 12.7. The molecule has 26 heavy (non-hydrogen) atoms. The van der Waals surface area contributed by atoms with E-state index < -0.39 is 18.8 Å². The third kappa shape index (κ3) is 7.05. The number of rotatable bonds is 8. The highest BCUT2D eigenvalue weighted by Gasteiger charge is 2.30. The largest absolute Gasteiger partial charge is 0.406 e. The number of hydrogen-bond acceptors (Lipinski definition) is 3. The van der Waals surface area contributed by atoms with Gasteiger partial charge in [0.1, 0.15) is 18.4 Å². The molecule has 1 rings (SSSR count). The van der Waals surface area contributed by atoms with Crippen LogP contribution in [0, 0.1) is 11.8 Å². The van der Waals surface area contributed by atoms with E-state index in [9.17, 15) is 22.8 Å². The lowest BCUT2D eigenvalue weighted by molar-refractivity contribution is -0.141. The van der Waals surface area contributed by atoms with Crippen LogP contribution in [0.5, 0.6) is 0 Å². The number of nitrogens with one attached hydrogen (secondary N) is 1. The molecule has 0 aromatic carbocycles. The minimum atomic E-state index is -4.37. The number of likely N-dealkylation sites (N-methyl/N-ethyl adjacent to an activating group) is 1. The topological polar surface area (TPSA) is 67.2 Å². The smallest absolute Gasteiger partial charge is 0.344 e. The third-order valence-corrected chi connectivity index (χ3v) is 3.75. The molecular formula is C17H27F3N4O2. The van der Waals surface area contributed by atoms with Gasteiger partial charge >= 0.3 is 6.18 Å². The van der Waals surface area contributed by atoms with E-state index in [1.54, 1.807) is 13.8 Å². The number of hydrogen-bond donors (Lipinski definition) is 1. The molecule has 0 radical (unpaired) electrons.